The predicted octanol–water partition coefficient (Wildman–Crippen LogP) is 1.59. The molecule has 2 N–H and O–H groups in total. The van der Waals surface area contributed by atoms with Crippen LogP contribution in [0.2, 0.25) is 5.02 Å². The molecule has 0 unspecified atom stereocenters. The lowest BCUT2D eigenvalue weighted by molar-refractivity contribution is -0.856. The Morgan fingerprint density at radius 3 is 2.71 bits per heavy atom. The maximum atomic E-state index is 12.7. The van der Waals surface area contributed by atoms with Crippen molar-refractivity contribution in [2.24, 2.45) is 0 Å². The first kappa shape index (κ1) is 17.0. The van der Waals surface area contributed by atoms with Crippen molar-refractivity contribution in [2.45, 2.75) is 25.7 Å². The Balaban J connectivity index is 1.94. The molecular formula is C18H24ClN4O+. The molecule has 0 radical (unpaired) electrons. The van der Waals surface area contributed by atoms with Gasteiger partial charge in [-0.3, -0.25) is 4.79 Å². The summed E-state index contributed by atoms with van der Waals surface area (Å²) in [5, 5.41) is 8.39. The fourth-order valence-corrected chi connectivity index (χ4v) is 3.04. The lowest BCUT2D eigenvalue weighted by Crippen LogP contribution is -3.06. The van der Waals surface area contributed by atoms with Crippen LogP contribution >= 0.6 is 11.6 Å². The van der Waals surface area contributed by atoms with Crippen LogP contribution in [0.5, 0.6) is 0 Å². The van der Waals surface area contributed by atoms with Gasteiger partial charge in [-0.25, -0.2) is 4.68 Å². The maximum Gasteiger partial charge on any atom is 0.255 e. The molecule has 0 atom stereocenters. The molecule has 0 spiro atoms. The van der Waals surface area contributed by atoms with Gasteiger partial charge in [0, 0.05) is 5.92 Å². The number of nitrogens with one attached hydrogen (secondary N) is 2. The first-order valence-electron chi connectivity index (χ1n) is 8.40. The van der Waals surface area contributed by atoms with Crippen molar-refractivity contribution in [1.29, 1.82) is 0 Å². The van der Waals surface area contributed by atoms with Crippen molar-refractivity contribution >= 4 is 17.5 Å². The molecule has 1 heterocycles. The molecule has 2 aromatic rings. The number of benzene rings is 1. The van der Waals surface area contributed by atoms with E-state index in [0.29, 0.717) is 23.0 Å². The molecule has 0 aliphatic heterocycles. The van der Waals surface area contributed by atoms with Crippen LogP contribution in [-0.2, 0) is 0 Å². The van der Waals surface area contributed by atoms with Gasteiger partial charge < -0.3 is 10.2 Å². The van der Waals surface area contributed by atoms with Gasteiger partial charge in [0.15, 0.2) is 0 Å². The molecule has 128 valence electrons. The van der Waals surface area contributed by atoms with Crippen LogP contribution in [0.3, 0.4) is 0 Å². The Labute approximate surface area is 147 Å². The SMILES string of the molecule is Cc1c(C(=O)NCC[NH+](C)C)c(C2CC2)nn1-c1ccccc1Cl. The molecule has 1 aromatic carbocycles. The van der Waals surface area contributed by atoms with Crippen LogP contribution in [0.15, 0.2) is 24.3 Å². The van der Waals surface area contributed by atoms with Crippen molar-refractivity contribution < 1.29 is 9.69 Å². The summed E-state index contributed by atoms with van der Waals surface area (Å²) in [5.74, 6) is 0.363. The van der Waals surface area contributed by atoms with E-state index in [2.05, 4.69) is 19.4 Å². The molecule has 0 saturated heterocycles. The first-order chi connectivity index (χ1) is 11.5. The summed E-state index contributed by atoms with van der Waals surface area (Å²) in [4.78, 5) is 14.0. The molecule has 1 aliphatic rings. The minimum absolute atomic E-state index is 0.0334. The molecule has 1 amide bonds. The molecule has 1 aromatic heterocycles. The standard InChI is InChI=1S/C18H23ClN4O/c1-12-16(18(24)20-10-11-22(2)3)17(13-8-9-13)21-23(12)15-7-5-4-6-14(15)19/h4-7,13H,8-11H2,1-3H3,(H,20,24)/p+1. The highest BCUT2D eigenvalue weighted by Crippen LogP contribution is 2.42. The third-order valence-electron chi connectivity index (χ3n) is 4.33. The van der Waals surface area contributed by atoms with E-state index < -0.39 is 0 Å². The van der Waals surface area contributed by atoms with Crippen LogP contribution < -0.4 is 10.2 Å². The second-order valence-electron chi connectivity index (χ2n) is 6.70. The van der Waals surface area contributed by atoms with Crippen molar-refractivity contribution in [3.05, 3.63) is 46.2 Å². The van der Waals surface area contributed by atoms with Gasteiger partial charge in [-0.2, -0.15) is 5.10 Å². The van der Waals surface area contributed by atoms with E-state index in [1.165, 1.54) is 4.90 Å². The Kier molecular flexibility index (Phi) is 4.92. The summed E-state index contributed by atoms with van der Waals surface area (Å²) in [5.41, 5.74) is 3.28. The Hall–Kier alpha value is -1.85. The minimum Gasteiger partial charge on any atom is -0.346 e. The van der Waals surface area contributed by atoms with Crippen LogP contribution in [0, 0.1) is 6.92 Å². The van der Waals surface area contributed by atoms with Crippen LogP contribution in [0.4, 0.5) is 0 Å². The molecule has 1 fully saturated rings. The Morgan fingerprint density at radius 1 is 1.38 bits per heavy atom. The number of rotatable bonds is 6. The van der Waals surface area contributed by atoms with Gasteiger partial charge >= 0.3 is 0 Å². The average molecular weight is 348 g/mol. The largest absolute Gasteiger partial charge is 0.346 e. The summed E-state index contributed by atoms with van der Waals surface area (Å²) in [6.45, 7) is 3.48. The summed E-state index contributed by atoms with van der Waals surface area (Å²) in [6, 6.07) is 7.59. The fraction of sp³-hybridized carbons (Fsp3) is 0.444. The summed E-state index contributed by atoms with van der Waals surface area (Å²) >= 11 is 6.32. The molecule has 5 nitrogen and oxygen atoms in total. The molecule has 1 saturated carbocycles. The van der Waals surface area contributed by atoms with E-state index in [0.717, 1.165) is 36.5 Å². The highest BCUT2D eigenvalue weighted by molar-refractivity contribution is 6.32. The molecule has 1 aliphatic carbocycles. The monoisotopic (exact) mass is 347 g/mol. The van der Waals surface area contributed by atoms with Gasteiger partial charge in [-0.05, 0) is 31.9 Å². The van der Waals surface area contributed by atoms with Crippen LogP contribution in [0.25, 0.3) is 5.69 Å². The second-order valence-corrected chi connectivity index (χ2v) is 7.10. The zero-order chi connectivity index (χ0) is 17.3. The van der Waals surface area contributed by atoms with Crippen LogP contribution in [-0.4, -0.2) is 42.9 Å². The number of aromatic nitrogens is 2. The van der Waals surface area contributed by atoms with Gasteiger partial charge in [-0.1, -0.05) is 23.7 Å². The van der Waals surface area contributed by atoms with Crippen molar-refractivity contribution in [1.82, 2.24) is 15.1 Å². The number of hydrogen-bond acceptors (Lipinski definition) is 2. The molecule has 6 heteroatoms. The van der Waals surface area contributed by atoms with Crippen molar-refractivity contribution in [2.75, 3.05) is 27.2 Å². The number of para-hydroxylation sites is 1. The van der Waals surface area contributed by atoms with E-state index in [1.54, 1.807) is 0 Å². The number of quaternary nitrogens is 1. The summed E-state index contributed by atoms with van der Waals surface area (Å²) in [7, 11) is 4.14. The van der Waals surface area contributed by atoms with E-state index in [9.17, 15) is 4.79 Å². The quantitative estimate of drug-likeness (QED) is 0.833. The second kappa shape index (κ2) is 6.95. The number of halogens is 1. The molecule has 24 heavy (non-hydrogen) atoms. The van der Waals surface area contributed by atoms with E-state index in [4.69, 9.17) is 16.7 Å². The number of carbonyl (C=O) groups excluding carboxylic acids is 1. The molecule has 3 rings (SSSR count). The fourth-order valence-electron chi connectivity index (χ4n) is 2.82. The van der Waals surface area contributed by atoms with Gasteiger partial charge in [-0.15, -0.1) is 0 Å². The van der Waals surface area contributed by atoms with Crippen molar-refractivity contribution in [3.63, 3.8) is 0 Å². The molecule has 0 bridgehead atoms. The Morgan fingerprint density at radius 2 is 2.08 bits per heavy atom. The predicted molar refractivity (Wildman–Crippen MR) is 95.3 cm³/mol. The summed E-state index contributed by atoms with van der Waals surface area (Å²) < 4.78 is 1.81. The number of nitrogens with zero attached hydrogens (tertiary/aromatic N) is 2. The normalized spacial score (nSPS) is 14.2. The van der Waals surface area contributed by atoms with E-state index in [-0.39, 0.29) is 5.91 Å². The highest BCUT2D eigenvalue weighted by Gasteiger charge is 2.33. The zero-order valence-electron chi connectivity index (χ0n) is 14.4. The number of amides is 1. The molecular weight excluding hydrogens is 324 g/mol. The van der Waals surface area contributed by atoms with E-state index >= 15 is 0 Å². The summed E-state index contributed by atoms with van der Waals surface area (Å²) in [6.07, 6.45) is 2.20. The average Bonchev–Trinajstić information content (AvgIpc) is 3.31. The third-order valence-corrected chi connectivity index (χ3v) is 4.65. The lowest BCUT2D eigenvalue weighted by atomic mass is 10.1. The number of hydrogen-bond donors (Lipinski definition) is 2. The first-order valence-corrected chi connectivity index (χ1v) is 8.78. The highest BCUT2D eigenvalue weighted by atomic mass is 35.5. The lowest BCUT2D eigenvalue weighted by Gasteiger charge is -2.09. The zero-order valence-corrected chi connectivity index (χ0v) is 15.2. The maximum absolute atomic E-state index is 12.7. The topological polar surface area (TPSA) is 51.4 Å². The van der Waals surface area contributed by atoms with Gasteiger partial charge in [0.05, 0.1) is 54.8 Å². The van der Waals surface area contributed by atoms with Crippen LogP contribution in [0.1, 0.15) is 40.5 Å². The smallest absolute Gasteiger partial charge is 0.255 e. The van der Waals surface area contributed by atoms with E-state index in [1.807, 2.05) is 35.9 Å². The Bertz CT molecular complexity index is 749. The minimum atomic E-state index is -0.0334. The van der Waals surface area contributed by atoms with Gasteiger partial charge in [0.25, 0.3) is 5.91 Å². The number of likely N-dealkylation sites (N-methyl/N-ethyl adjacent to an activating group) is 1. The van der Waals surface area contributed by atoms with Gasteiger partial charge in [0.1, 0.15) is 0 Å². The number of carbonyl (C=O) groups is 1. The van der Waals surface area contributed by atoms with Gasteiger partial charge in [0.2, 0.25) is 0 Å². The third kappa shape index (κ3) is 3.47. The van der Waals surface area contributed by atoms with Crippen molar-refractivity contribution in [3.8, 4) is 5.69 Å².